The largest absolute Gasteiger partial charge is 0.261 e. The predicted molar refractivity (Wildman–Crippen MR) is 61.9 cm³/mol. The molecule has 0 bridgehead atoms. The molecule has 0 aliphatic rings. The molecule has 0 N–H and O–H groups in total. The maximum atomic E-state index is 4.44. The quantitative estimate of drug-likeness (QED) is 0.690. The van der Waals surface area contributed by atoms with E-state index in [-0.39, 0.29) is 0 Å². The standard InChI is InChI=1S/C13H21N/c1-8(2)12-7-14-11(6)10(5)13(12)9(3)4/h7-9H,1-6H3. The monoisotopic (exact) mass is 191 g/mol. The van der Waals surface area contributed by atoms with Crippen LogP contribution in [-0.4, -0.2) is 4.98 Å². The second-order valence-corrected chi connectivity index (χ2v) is 4.65. The van der Waals surface area contributed by atoms with Gasteiger partial charge in [-0.15, -0.1) is 0 Å². The van der Waals surface area contributed by atoms with E-state index in [0.717, 1.165) is 5.69 Å². The Morgan fingerprint density at radius 3 is 2.00 bits per heavy atom. The predicted octanol–water partition coefficient (Wildman–Crippen LogP) is 3.95. The Morgan fingerprint density at radius 1 is 1.00 bits per heavy atom. The molecule has 0 amide bonds. The van der Waals surface area contributed by atoms with E-state index in [1.165, 1.54) is 16.7 Å². The van der Waals surface area contributed by atoms with Crippen LogP contribution in [-0.2, 0) is 0 Å². The minimum absolute atomic E-state index is 0.569. The fourth-order valence-electron chi connectivity index (χ4n) is 1.97. The van der Waals surface area contributed by atoms with Crippen LogP contribution in [0.3, 0.4) is 0 Å². The van der Waals surface area contributed by atoms with E-state index in [1.54, 1.807) is 0 Å². The smallest absolute Gasteiger partial charge is 0.0404 e. The van der Waals surface area contributed by atoms with Gasteiger partial charge in [-0.05, 0) is 42.4 Å². The summed E-state index contributed by atoms with van der Waals surface area (Å²) in [5, 5.41) is 0. The van der Waals surface area contributed by atoms with Crippen molar-refractivity contribution in [2.24, 2.45) is 0 Å². The fraction of sp³-hybridized carbons (Fsp3) is 0.615. The maximum Gasteiger partial charge on any atom is 0.0404 e. The van der Waals surface area contributed by atoms with E-state index in [0.29, 0.717) is 11.8 Å². The summed E-state index contributed by atoms with van der Waals surface area (Å²) in [6, 6.07) is 0. The van der Waals surface area contributed by atoms with Gasteiger partial charge in [0, 0.05) is 11.9 Å². The van der Waals surface area contributed by atoms with Gasteiger partial charge in [0.05, 0.1) is 0 Å². The Kier molecular flexibility index (Phi) is 3.30. The number of hydrogen-bond acceptors (Lipinski definition) is 1. The summed E-state index contributed by atoms with van der Waals surface area (Å²) in [6.45, 7) is 13.3. The van der Waals surface area contributed by atoms with Crippen molar-refractivity contribution >= 4 is 0 Å². The highest BCUT2D eigenvalue weighted by Gasteiger charge is 2.14. The summed E-state index contributed by atoms with van der Waals surface area (Å²) in [4.78, 5) is 4.44. The van der Waals surface area contributed by atoms with Crippen molar-refractivity contribution in [3.05, 3.63) is 28.6 Å². The van der Waals surface area contributed by atoms with E-state index >= 15 is 0 Å². The highest BCUT2D eigenvalue weighted by molar-refractivity contribution is 5.39. The van der Waals surface area contributed by atoms with Gasteiger partial charge in [0.2, 0.25) is 0 Å². The highest BCUT2D eigenvalue weighted by Crippen LogP contribution is 2.29. The van der Waals surface area contributed by atoms with Crippen molar-refractivity contribution in [2.75, 3.05) is 0 Å². The molecule has 0 saturated heterocycles. The zero-order chi connectivity index (χ0) is 10.9. The first-order valence-electron chi connectivity index (χ1n) is 5.41. The highest BCUT2D eigenvalue weighted by atomic mass is 14.7. The third-order valence-corrected chi connectivity index (χ3v) is 2.85. The van der Waals surface area contributed by atoms with E-state index in [2.05, 4.69) is 46.5 Å². The van der Waals surface area contributed by atoms with Crippen LogP contribution in [0.25, 0.3) is 0 Å². The summed E-state index contributed by atoms with van der Waals surface area (Å²) >= 11 is 0. The van der Waals surface area contributed by atoms with Crippen molar-refractivity contribution in [3.8, 4) is 0 Å². The third kappa shape index (κ3) is 1.97. The van der Waals surface area contributed by atoms with E-state index < -0.39 is 0 Å². The van der Waals surface area contributed by atoms with Gasteiger partial charge >= 0.3 is 0 Å². The zero-order valence-electron chi connectivity index (χ0n) is 10.2. The number of aromatic nitrogens is 1. The summed E-state index contributed by atoms with van der Waals surface area (Å²) in [5.41, 5.74) is 5.43. The lowest BCUT2D eigenvalue weighted by atomic mass is 9.88. The molecule has 0 saturated carbocycles. The minimum atomic E-state index is 0.569. The summed E-state index contributed by atoms with van der Waals surface area (Å²) in [5.74, 6) is 1.16. The fourth-order valence-corrected chi connectivity index (χ4v) is 1.97. The number of hydrogen-bond donors (Lipinski definition) is 0. The third-order valence-electron chi connectivity index (χ3n) is 2.85. The van der Waals surface area contributed by atoms with Crippen LogP contribution in [0.4, 0.5) is 0 Å². The molecule has 14 heavy (non-hydrogen) atoms. The molecule has 0 aliphatic heterocycles. The lowest BCUT2D eigenvalue weighted by Crippen LogP contribution is -2.04. The van der Waals surface area contributed by atoms with Gasteiger partial charge in [0.1, 0.15) is 0 Å². The SMILES string of the molecule is Cc1ncc(C(C)C)c(C(C)C)c1C. The Balaban J connectivity index is 3.38. The van der Waals surface area contributed by atoms with Crippen molar-refractivity contribution in [1.29, 1.82) is 0 Å². The van der Waals surface area contributed by atoms with Crippen molar-refractivity contribution < 1.29 is 0 Å². The first-order chi connectivity index (χ1) is 6.45. The van der Waals surface area contributed by atoms with Crippen LogP contribution < -0.4 is 0 Å². The molecular weight excluding hydrogens is 170 g/mol. The van der Waals surface area contributed by atoms with E-state index in [1.807, 2.05) is 6.20 Å². The van der Waals surface area contributed by atoms with Crippen LogP contribution in [0.15, 0.2) is 6.20 Å². The number of rotatable bonds is 2. The van der Waals surface area contributed by atoms with Gasteiger partial charge in [0.25, 0.3) is 0 Å². The van der Waals surface area contributed by atoms with Crippen LogP contribution in [0.1, 0.15) is 61.9 Å². The molecule has 78 valence electrons. The van der Waals surface area contributed by atoms with Crippen LogP contribution >= 0.6 is 0 Å². The Bertz CT molecular complexity index is 324. The Labute approximate surface area is 87.6 Å². The summed E-state index contributed by atoms with van der Waals surface area (Å²) in [6.07, 6.45) is 2.04. The van der Waals surface area contributed by atoms with Crippen molar-refractivity contribution in [1.82, 2.24) is 4.98 Å². The molecule has 1 nitrogen and oxygen atoms in total. The molecule has 0 atom stereocenters. The number of pyridine rings is 1. The van der Waals surface area contributed by atoms with Crippen molar-refractivity contribution in [2.45, 2.75) is 53.4 Å². The van der Waals surface area contributed by atoms with Crippen LogP contribution in [0.5, 0.6) is 0 Å². The molecule has 1 aromatic heterocycles. The first kappa shape index (κ1) is 11.2. The topological polar surface area (TPSA) is 12.9 Å². The first-order valence-corrected chi connectivity index (χ1v) is 5.41. The van der Waals surface area contributed by atoms with Crippen molar-refractivity contribution in [3.63, 3.8) is 0 Å². The summed E-state index contributed by atoms with van der Waals surface area (Å²) in [7, 11) is 0. The molecule has 0 aromatic carbocycles. The average Bonchev–Trinajstić information content (AvgIpc) is 2.08. The molecular formula is C13H21N. The molecule has 0 unspecified atom stereocenters. The van der Waals surface area contributed by atoms with Gasteiger partial charge in [-0.3, -0.25) is 4.98 Å². The summed E-state index contributed by atoms with van der Waals surface area (Å²) < 4.78 is 0. The lowest BCUT2D eigenvalue weighted by Gasteiger charge is -2.19. The zero-order valence-corrected chi connectivity index (χ0v) is 10.2. The van der Waals surface area contributed by atoms with Crippen LogP contribution in [0.2, 0.25) is 0 Å². The van der Waals surface area contributed by atoms with Gasteiger partial charge in [-0.2, -0.15) is 0 Å². The molecule has 0 fully saturated rings. The second-order valence-electron chi connectivity index (χ2n) is 4.65. The van der Waals surface area contributed by atoms with E-state index in [9.17, 15) is 0 Å². The maximum absolute atomic E-state index is 4.44. The van der Waals surface area contributed by atoms with Gasteiger partial charge < -0.3 is 0 Å². The van der Waals surface area contributed by atoms with E-state index in [4.69, 9.17) is 0 Å². The Morgan fingerprint density at radius 2 is 1.57 bits per heavy atom. The molecule has 0 aliphatic carbocycles. The Hall–Kier alpha value is -0.850. The van der Waals surface area contributed by atoms with Crippen LogP contribution in [0, 0.1) is 13.8 Å². The number of nitrogens with zero attached hydrogens (tertiary/aromatic N) is 1. The molecule has 1 rings (SSSR count). The molecule has 0 radical (unpaired) electrons. The van der Waals surface area contributed by atoms with Gasteiger partial charge in [-0.1, -0.05) is 27.7 Å². The minimum Gasteiger partial charge on any atom is -0.261 e. The average molecular weight is 191 g/mol. The van der Waals surface area contributed by atoms with Gasteiger partial charge in [-0.25, -0.2) is 0 Å². The lowest BCUT2D eigenvalue weighted by molar-refractivity contribution is 0.770. The van der Waals surface area contributed by atoms with Gasteiger partial charge in [0.15, 0.2) is 0 Å². The second kappa shape index (κ2) is 4.12. The number of aryl methyl sites for hydroxylation is 1. The molecule has 0 spiro atoms. The molecule has 1 heterocycles. The molecule has 1 aromatic rings. The molecule has 1 heteroatoms. The normalized spacial score (nSPS) is 11.4.